The van der Waals surface area contributed by atoms with Crippen LogP contribution in [0.3, 0.4) is 0 Å². The summed E-state index contributed by atoms with van der Waals surface area (Å²) in [7, 11) is 0. The van der Waals surface area contributed by atoms with Crippen molar-refractivity contribution in [3.8, 4) is 0 Å². The quantitative estimate of drug-likeness (QED) is 0.755. The molecule has 2 amide bonds. The Kier molecular flexibility index (Phi) is 7.04. The molecule has 5 nitrogen and oxygen atoms in total. The lowest BCUT2D eigenvalue weighted by Gasteiger charge is -2.18. The topological polar surface area (TPSA) is 59.6 Å². The smallest absolute Gasteiger partial charge is 0.319 e. The third kappa shape index (κ3) is 5.19. The predicted molar refractivity (Wildman–Crippen MR) is 80.0 cm³/mol. The van der Waals surface area contributed by atoms with E-state index in [1.165, 1.54) is 0 Å². The average molecular weight is 280 g/mol. The van der Waals surface area contributed by atoms with Crippen LogP contribution >= 0.6 is 0 Å². The van der Waals surface area contributed by atoms with Crippen molar-refractivity contribution >= 4 is 11.7 Å². The highest BCUT2D eigenvalue weighted by atomic mass is 16.7. The molecule has 1 aromatic rings. The van der Waals surface area contributed by atoms with Crippen LogP contribution in [-0.2, 0) is 9.47 Å². The summed E-state index contributed by atoms with van der Waals surface area (Å²) in [6.07, 6.45) is -0.409. The van der Waals surface area contributed by atoms with Crippen molar-refractivity contribution < 1.29 is 14.3 Å². The third-order valence-corrected chi connectivity index (χ3v) is 2.85. The summed E-state index contributed by atoms with van der Waals surface area (Å²) < 4.78 is 10.7. The molecule has 0 aliphatic carbocycles. The maximum Gasteiger partial charge on any atom is 0.319 e. The summed E-state index contributed by atoms with van der Waals surface area (Å²) in [6.45, 7) is 9.12. The molecule has 0 saturated heterocycles. The highest BCUT2D eigenvalue weighted by molar-refractivity contribution is 5.90. The number of aryl methyl sites for hydroxylation is 2. The molecule has 1 rings (SSSR count). The summed E-state index contributed by atoms with van der Waals surface area (Å²) in [4.78, 5) is 11.9. The Morgan fingerprint density at radius 2 is 1.70 bits per heavy atom. The number of benzene rings is 1. The fraction of sp³-hybridized carbons (Fsp3) is 0.533. The summed E-state index contributed by atoms with van der Waals surface area (Å²) in [6, 6.07) is 5.64. The van der Waals surface area contributed by atoms with Gasteiger partial charge in [0.1, 0.15) is 0 Å². The standard InChI is InChI=1S/C15H24N2O3/c1-5-19-13(20-6-2)10-16-15(18)17-14-11(3)8-7-9-12(14)4/h7-9,13H,5-6,10H2,1-4H3,(H2,16,17,18). The molecule has 0 bridgehead atoms. The zero-order valence-electron chi connectivity index (χ0n) is 12.7. The molecule has 1 aromatic carbocycles. The van der Waals surface area contributed by atoms with Crippen LogP contribution in [0.4, 0.5) is 10.5 Å². The number of hydrogen-bond acceptors (Lipinski definition) is 3. The van der Waals surface area contributed by atoms with Crippen LogP contribution < -0.4 is 10.6 Å². The normalized spacial score (nSPS) is 10.7. The minimum atomic E-state index is -0.409. The van der Waals surface area contributed by atoms with Gasteiger partial charge in [-0.05, 0) is 38.8 Å². The van der Waals surface area contributed by atoms with Crippen molar-refractivity contribution in [3.05, 3.63) is 29.3 Å². The number of hydrogen-bond donors (Lipinski definition) is 2. The van der Waals surface area contributed by atoms with Gasteiger partial charge in [-0.25, -0.2) is 4.79 Å². The second-order valence-electron chi connectivity index (χ2n) is 4.44. The Hall–Kier alpha value is -1.59. The van der Waals surface area contributed by atoms with E-state index >= 15 is 0 Å². The van der Waals surface area contributed by atoms with Crippen molar-refractivity contribution in [2.24, 2.45) is 0 Å². The maximum absolute atomic E-state index is 11.9. The monoisotopic (exact) mass is 280 g/mol. The fourth-order valence-corrected chi connectivity index (χ4v) is 1.88. The van der Waals surface area contributed by atoms with Crippen LogP contribution in [0.15, 0.2) is 18.2 Å². The molecule has 5 heteroatoms. The van der Waals surface area contributed by atoms with E-state index in [1.807, 2.05) is 45.9 Å². The van der Waals surface area contributed by atoms with Gasteiger partial charge in [0.05, 0.1) is 6.54 Å². The number of anilines is 1. The van der Waals surface area contributed by atoms with E-state index in [0.29, 0.717) is 19.8 Å². The number of carbonyl (C=O) groups is 1. The predicted octanol–water partition coefficient (Wildman–Crippen LogP) is 2.82. The first-order chi connectivity index (χ1) is 9.58. The van der Waals surface area contributed by atoms with Crippen molar-refractivity contribution in [1.82, 2.24) is 5.32 Å². The first-order valence-corrected chi connectivity index (χ1v) is 6.92. The molecule has 0 aromatic heterocycles. The van der Waals surface area contributed by atoms with Crippen LogP contribution in [0.25, 0.3) is 0 Å². The van der Waals surface area contributed by atoms with Gasteiger partial charge in [0.25, 0.3) is 0 Å². The second kappa shape index (κ2) is 8.55. The van der Waals surface area contributed by atoms with Crippen LogP contribution in [0.2, 0.25) is 0 Å². The van der Waals surface area contributed by atoms with E-state index < -0.39 is 6.29 Å². The van der Waals surface area contributed by atoms with Gasteiger partial charge in [-0.1, -0.05) is 18.2 Å². The Balaban J connectivity index is 2.51. The van der Waals surface area contributed by atoms with E-state index in [1.54, 1.807) is 0 Å². The molecule has 0 saturated carbocycles. The van der Waals surface area contributed by atoms with Crippen LogP contribution in [-0.4, -0.2) is 32.1 Å². The molecule has 0 aliphatic heterocycles. The number of para-hydroxylation sites is 1. The van der Waals surface area contributed by atoms with E-state index in [9.17, 15) is 4.79 Å². The molecule has 20 heavy (non-hydrogen) atoms. The minimum absolute atomic E-state index is 0.258. The molecule has 0 radical (unpaired) electrons. The van der Waals surface area contributed by atoms with E-state index in [-0.39, 0.29) is 6.03 Å². The van der Waals surface area contributed by atoms with E-state index in [4.69, 9.17) is 9.47 Å². The molecule has 2 N–H and O–H groups in total. The Morgan fingerprint density at radius 1 is 1.15 bits per heavy atom. The summed E-state index contributed by atoms with van der Waals surface area (Å²) >= 11 is 0. The molecule has 112 valence electrons. The molecular weight excluding hydrogens is 256 g/mol. The Bertz CT molecular complexity index is 409. The first kappa shape index (κ1) is 16.5. The van der Waals surface area contributed by atoms with Gasteiger partial charge in [-0.3, -0.25) is 0 Å². The number of ether oxygens (including phenoxy) is 2. The molecule has 0 spiro atoms. The number of nitrogens with one attached hydrogen (secondary N) is 2. The van der Waals surface area contributed by atoms with Gasteiger partial charge < -0.3 is 20.1 Å². The van der Waals surface area contributed by atoms with Gasteiger partial charge in [0.2, 0.25) is 0 Å². The lowest BCUT2D eigenvalue weighted by molar-refractivity contribution is -0.131. The van der Waals surface area contributed by atoms with Crippen molar-refractivity contribution in [2.45, 2.75) is 34.0 Å². The fourth-order valence-electron chi connectivity index (χ4n) is 1.88. The molecular formula is C15H24N2O3. The molecule has 0 heterocycles. The SMILES string of the molecule is CCOC(CNC(=O)Nc1c(C)cccc1C)OCC. The van der Waals surface area contributed by atoms with E-state index in [0.717, 1.165) is 16.8 Å². The number of carbonyl (C=O) groups excluding carboxylic acids is 1. The lowest BCUT2D eigenvalue weighted by atomic mass is 10.1. The molecule has 0 unspecified atom stereocenters. The third-order valence-electron chi connectivity index (χ3n) is 2.85. The van der Waals surface area contributed by atoms with Crippen molar-refractivity contribution in [3.63, 3.8) is 0 Å². The van der Waals surface area contributed by atoms with Crippen molar-refractivity contribution in [1.29, 1.82) is 0 Å². The molecule has 0 atom stereocenters. The molecule has 0 fully saturated rings. The zero-order valence-corrected chi connectivity index (χ0v) is 12.7. The van der Waals surface area contributed by atoms with Crippen LogP contribution in [0, 0.1) is 13.8 Å². The Morgan fingerprint density at radius 3 is 2.20 bits per heavy atom. The highest BCUT2D eigenvalue weighted by Crippen LogP contribution is 2.18. The van der Waals surface area contributed by atoms with Crippen LogP contribution in [0.1, 0.15) is 25.0 Å². The first-order valence-electron chi connectivity index (χ1n) is 6.92. The van der Waals surface area contributed by atoms with E-state index in [2.05, 4.69) is 10.6 Å². The average Bonchev–Trinajstić information content (AvgIpc) is 2.41. The summed E-state index contributed by atoms with van der Waals surface area (Å²) in [5, 5.41) is 5.61. The van der Waals surface area contributed by atoms with Gasteiger partial charge in [0, 0.05) is 18.9 Å². The number of urea groups is 1. The van der Waals surface area contributed by atoms with Gasteiger partial charge in [-0.2, -0.15) is 0 Å². The maximum atomic E-state index is 11.9. The largest absolute Gasteiger partial charge is 0.351 e. The highest BCUT2D eigenvalue weighted by Gasteiger charge is 2.11. The second-order valence-corrected chi connectivity index (χ2v) is 4.44. The summed E-state index contributed by atoms with van der Waals surface area (Å²) in [5.41, 5.74) is 2.91. The van der Waals surface area contributed by atoms with Crippen LogP contribution in [0.5, 0.6) is 0 Å². The number of rotatable bonds is 7. The van der Waals surface area contributed by atoms with Crippen molar-refractivity contribution in [2.75, 3.05) is 25.1 Å². The zero-order chi connectivity index (χ0) is 15.0. The summed E-state index contributed by atoms with van der Waals surface area (Å²) in [5.74, 6) is 0. The van der Waals surface area contributed by atoms with Gasteiger partial charge in [0.15, 0.2) is 6.29 Å². The Labute approximate surface area is 120 Å². The van der Waals surface area contributed by atoms with Gasteiger partial charge >= 0.3 is 6.03 Å². The lowest BCUT2D eigenvalue weighted by Crippen LogP contribution is -2.38. The van der Waals surface area contributed by atoms with Gasteiger partial charge in [-0.15, -0.1) is 0 Å². The number of amides is 2. The molecule has 0 aliphatic rings. The minimum Gasteiger partial charge on any atom is -0.351 e.